The summed E-state index contributed by atoms with van der Waals surface area (Å²) in [4.78, 5) is 36.3. The Morgan fingerprint density at radius 1 is 1.24 bits per heavy atom. The Hall–Kier alpha value is -1.39. The van der Waals surface area contributed by atoms with Crippen molar-refractivity contribution >= 4 is 52.2 Å². The molecule has 1 rings (SSSR count). The molecule has 1 aromatic carbocycles. The molecule has 2 atom stereocenters. The van der Waals surface area contributed by atoms with Crippen LogP contribution in [0.4, 0.5) is 0 Å². The Kier molecular flexibility index (Phi) is 12.2. The number of amides is 2. The number of benzene rings is 1. The van der Waals surface area contributed by atoms with Gasteiger partial charge in [-0.3, -0.25) is 14.4 Å². The minimum absolute atomic E-state index is 0.110. The van der Waals surface area contributed by atoms with Crippen molar-refractivity contribution in [3.63, 3.8) is 0 Å². The molecule has 162 valence electrons. The van der Waals surface area contributed by atoms with Crippen molar-refractivity contribution in [3.05, 3.63) is 33.4 Å². The molecule has 2 amide bonds. The van der Waals surface area contributed by atoms with Crippen LogP contribution in [0, 0.1) is 3.57 Å². The second-order valence-corrected chi connectivity index (χ2v) is 8.11. The van der Waals surface area contributed by atoms with Crippen LogP contribution in [-0.2, 0) is 25.5 Å². The zero-order valence-electron chi connectivity index (χ0n) is 16.7. The molecule has 29 heavy (non-hydrogen) atoms. The Labute approximate surface area is 190 Å². The van der Waals surface area contributed by atoms with Crippen LogP contribution in [0.15, 0.2) is 24.3 Å². The number of ether oxygens (including phenoxy) is 1. The van der Waals surface area contributed by atoms with Crippen molar-refractivity contribution in [3.8, 4) is 0 Å². The van der Waals surface area contributed by atoms with E-state index >= 15 is 0 Å². The summed E-state index contributed by atoms with van der Waals surface area (Å²) < 4.78 is 6.68. The second kappa shape index (κ2) is 13.8. The molecule has 1 aromatic rings. The number of nitrogens with one attached hydrogen (secondary N) is 1. The molecular weight excluding hydrogens is 511 g/mol. The molecule has 2 N–H and O–H groups in total. The van der Waals surface area contributed by atoms with Gasteiger partial charge in [-0.1, -0.05) is 25.5 Å². The average Bonchev–Trinajstić information content (AvgIpc) is 2.70. The van der Waals surface area contributed by atoms with Crippen molar-refractivity contribution in [2.75, 3.05) is 13.2 Å². The predicted molar refractivity (Wildman–Crippen MR) is 119 cm³/mol. The zero-order chi connectivity index (χ0) is 21.8. The van der Waals surface area contributed by atoms with E-state index in [0.717, 1.165) is 13.6 Å². The van der Waals surface area contributed by atoms with E-state index in [1.807, 2.05) is 31.2 Å². The predicted octanol–water partition coefficient (Wildman–Crippen LogP) is 2.81. The van der Waals surface area contributed by atoms with Gasteiger partial charge < -0.3 is 15.2 Å². The van der Waals surface area contributed by atoms with E-state index in [1.54, 1.807) is 6.92 Å². The summed E-state index contributed by atoms with van der Waals surface area (Å²) in [6.45, 7) is 4.19. The maximum atomic E-state index is 12.5. The molecule has 0 spiro atoms. The lowest BCUT2D eigenvalue weighted by atomic mass is 10.1. The maximum absolute atomic E-state index is 12.5. The second-order valence-electron chi connectivity index (χ2n) is 6.50. The first-order chi connectivity index (χ1) is 13.8. The van der Waals surface area contributed by atoms with Gasteiger partial charge in [0.15, 0.2) is 0 Å². The quantitative estimate of drug-likeness (QED) is 0.185. The van der Waals surface area contributed by atoms with Crippen LogP contribution in [0.25, 0.3) is 0 Å². The van der Waals surface area contributed by atoms with E-state index < -0.39 is 24.0 Å². The van der Waals surface area contributed by atoms with Gasteiger partial charge >= 0.3 is 5.97 Å². The molecular formula is C20H28ClIN2O5. The third-order valence-corrected chi connectivity index (χ3v) is 5.26. The molecule has 0 saturated carbocycles. The minimum atomic E-state index is -1.34. The number of halogens is 2. The van der Waals surface area contributed by atoms with E-state index in [4.69, 9.17) is 16.5 Å². The zero-order valence-corrected chi connectivity index (χ0v) is 19.6. The Bertz CT molecular complexity index is 671. The van der Waals surface area contributed by atoms with Crippen LogP contribution in [0.1, 0.15) is 45.1 Å². The molecule has 0 fully saturated rings. The van der Waals surface area contributed by atoms with Gasteiger partial charge in [-0.05, 0) is 60.1 Å². The molecule has 0 aromatic heterocycles. The molecule has 0 aliphatic rings. The SMILES string of the molecule is CCC[C@H](C(=O)NCCCC(=O)OCC)N(Cl)C(=O)[C@@H](O)Cc1ccc(I)cc1. The number of carbonyl (C=O) groups is 3. The Balaban J connectivity index is 2.60. The third kappa shape index (κ3) is 9.31. The third-order valence-electron chi connectivity index (χ3n) is 4.14. The van der Waals surface area contributed by atoms with Gasteiger partial charge in [-0.2, -0.15) is 0 Å². The first-order valence-corrected chi connectivity index (χ1v) is 11.1. The lowest BCUT2D eigenvalue weighted by molar-refractivity contribution is -0.143. The number of aliphatic hydroxyl groups excluding tert-OH is 1. The average molecular weight is 539 g/mol. The number of hydrogen-bond donors (Lipinski definition) is 2. The van der Waals surface area contributed by atoms with Crippen molar-refractivity contribution < 1.29 is 24.2 Å². The fourth-order valence-corrected chi connectivity index (χ4v) is 3.30. The minimum Gasteiger partial charge on any atom is -0.466 e. The highest BCUT2D eigenvalue weighted by atomic mass is 127. The van der Waals surface area contributed by atoms with Gasteiger partial charge in [0.25, 0.3) is 5.91 Å². The highest BCUT2D eigenvalue weighted by Crippen LogP contribution is 2.16. The van der Waals surface area contributed by atoms with E-state index in [0.29, 0.717) is 25.9 Å². The molecule has 0 unspecified atom stereocenters. The number of rotatable bonds is 12. The fourth-order valence-electron chi connectivity index (χ4n) is 2.64. The molecule has 0 bridgehead atoms. The smallest absolute Gasteiger partial charge is 0.305 e. The summed E-state index contributed by atoms with van der Waals surface area (Å²) in [7, 11) is 0. The molecule has 0 saturated heterocycles. The maximum Gasteiger partial charge on any atom is 0.305 e. The van der Waals surface area contributed by atoms with Crippen molar-refractivity contribution in [1.82, 2.24) is 9.74 Å². The van der Waals surface area contributed by atoms with E-state index in [2.05, 4.69) is 27.9 Å². The number of esters is 1. The normalized spacial score (nSPS) is 12.7. The van der Waals surface area contributed by atoms with Gasteiger partial charge in [0.05, 0.1) is 6.61 Å². The standard InChI is InChI=1S/C20H28ClIN2O5/c1-3-6-16(19(27)23-12-5-7-18(26)29-4-2)24(21)20(28)17(25)13-14-8-10-15(22)11-9-14/h8-11,16-17,25H,3-7,12-13H2,1-2H3,(H,23,27)/t16-,17+/m1/s1. The lowest BCUT2D eigenvalue weighted by Crippen LogP contribution is -2.48. The van der Waals surface area contributed by atoms with Crippen LogP contribution >= 0.6 is 34.4 Å². The summed E-state index contributed by atoms with van der Waals surface area (Å²) in [5.41, 5.74) is 0.798. The van der Waals surface area contributed by atoms with Crippen LogP contribution in [0.5, 0.6) is 0 Å². The molecule has 0 aliphatic carbocycles. The largest absolute Gasteiger partial charge is 0.466 e. The summed E-state index contributed by atoms with van der Waals surface area (Å²) in [6, 6.07) is 6.53. The molecule has 7 nitrogen and oxygen atoms in total. The summed E-state index contributed by atoms with van der Waals surface area (Å²) in [5.74, 6) is -1.45. The number of aliphatic hydroxyl groups is 1. The molecule has 0 radical (unpaired) electrons. The van der Waals surface area contributed by atoms with Crippen molar-refractivity contribution in [2.24, 2.45) is 0 Å². The Morgan fingerprint density at radius 3 is 2.48 bits per heavy atom. The number of nitrogens with zero attached hydrogens (tertiary/aromatic N) is 1. The summed E-state index contributed by atoms with van der Waals surface area (Å²) >= 11 is 8.32. The summed E-state index contributed by atoms with van der Waals surface area (Å²) in [5, 5.41) is 13.0. The highest BCUT2D eigenvalue weighted by molar-refractivity contribution is 14.1. The van der Waals surface area contributed by atoms with Crippen molar-refractivity contribution in [2.45, 2.75) is 58.1 Å². The number of hydrogen-bond acceptors (Lipinski definition) is 5. The molecule has 0 aliphatic heterocycles. The van der Waals surface area contributed by atoms with E-state index in [9.17, 15) is 19.5 Å². The Morgan fingerprint density at radius 2 is 1.90 bits per heavy atom. The summed E-state index contributed by atoms with van der Waals surface area (Å²) in [6.07, 6.45) is 0.377. The van der Waals surface area contributed by atoms with Gasteiger partial charge in [-0.15, -0.1) is 0 Å². The first kappa shape index (κ1) is 25.6. The van der Waals surface area contributed by atoms with Gasteiger partial charge in [0.1, 0.15) is 12.1 Å². The number of carbonyl (C=O) groups excluding carboxylic acids is 3. The molecule has 9 heteroatoms. The van der Waals surface area contributed by atoms with E-state index in [1.165, 1.54) is 0 Å². The first-order valence-electron chi connectivity index (χ1n) is 9.64. The fraction of sp³-hybridized carbons (Fsp3) is 0.550. The van der Waals surface area contributed by atoms with Crippen LogP contribution < -0.4 is 5.32 Å². The highest BCUT2D eigenvalue weighted by Gasteiger charge is 2.31. The van der Waals surface area contributed by atoms with Gasteiger partial charge in [0.2, 0.25) is 5.91 Å². The van der Waals surface area contributed by atoms with Gasteiger partial charge in [0, 0.05) is 34.7 Å². The van der Waals surface area contributed by atoms with Gasteiger partial charge in [-0.25, -0.2) is 4.42 Å². The molecule has 0 heterocycles. The van der Waals surface area contributed by atoms with Crippen LogP contribution in [0.2, 0.25) is 0 Å². The lowest BCUT2D eigenvalue weighted by Gasteiger charge is -2.26. The van der Waals surface area contributed by atoms with Crippen LogP contribution in [0.3, 0.4) is 0 Å². The monoisotopic (exact) mass is 538 g/mol. The van der Waals surface area contributed by atoms with Crippen molar-refractivity contribution in [1.29, 1.82) is 0 Å². The van der Waals surface area contributed by atoms with Crippen LogP contribution in [-0.4, -0.2) is 52.6 Å². The topological polar surface area (TPSA) is 95.9 Å². The van der Waals surface area contributed by atoms with E-state index in [-0.39, 0.29) is 25.4 Å².